The second kappa shape index (κ2) is 4.74. The lowest BCUT2D eigenvalue weighted by Crippen LogP contribution is -2.15. The molecule has 0 aliphatic carbocycles. The number of hydrogen-bond donors (Lipinski definition) is 1. The number of nitrogen functional groups attached to an aromatic ring is 1. The predicted octanol–water partition coefficient (Wildman–Crippen LogP) is 2.79. The molecule has 20 heavy (non-hydrogen) atoms. The van der Waals surface area contributed by atoms with Crippen molar-refractivity contribution >= 4 is 5.82 Å². The molecule has 1 aromatic carbocycles. The van der Waals surface area contributed by atoms with Crippen molar-refractivity contribution in [2.75, 3.05) is 18.9 Å². The Bertz CT molecular complexity index is 647. The Morgan fingerprint density at radius 1 is 1.20 bits per heavy atom. The van der Waals surface area contributed by atoms with Crippen LogP contribution in [-0.4, -0.2) is 22.8 Å². The van der Waals surface area contributed by atoms with E-state index in [1.807, 2.05) is 29.7 Å². The van der Waals surface area contributed by atoms with Crippen LogP contribution in [0.5, 0.6) is 11.5 Å². The van der Waals surface area contributed by atoms with Crippen LogP contribution >= 0.6 is 0 Å². The summed E-state index contributed by atoms with van der Waals surface area (Å²) in [6.07, 6.45) is 0. The van der Waals surface area contributed by atoms with Crippen molar-refractivity contribution in [1.82, 2.24) is 9.55 Å². The molecule has 0 saturated heterocycles. The second-order valence-electron chi connectivity index (χ2n) is 5.22. The molecule has 5 nitrogen and oxygen atoms in total. The van der Waals surface area contributed by atoms with Crippen molar-refractivity contribution in [3.05, 3.63) is 24.0 Å². The number of anilines is 1. The van der Waals surface area contributed by atoms with Crippen LogP contribution in [0.15, 0.2) is 18.2 Å². The highest BCUT2D eigenvalue weighted by Crippen LogP contribution is 2.36. The first-order chi connectivity index (χ1) is 9.58. The van der Waals surface area contributed by atoms with Crippen molar-refractivity contribution in [2.24, 2.45) is 0 Å². The molecule has 106 valence electrons. The Morgan fingerprint density at radius 3 is 2.55 bits per heavy atom. The van der Waals surface area contributed by atoms with Gasteiger partial charge in [0.2, 0.25) is 0 Å². The molecule has 0 unspecified atom stereocenters. The highest BCUT2D eigenvalue weighted by molar-refractivity contribution is 5.73. The summed E-state index contributed by atoms with van der Waals surface area (Å²) in [4.78, 5) is 4.59. The number of hydrogen-bond acceptors (Lipinski definition) is 4. The highest BCUT2D eigenvalue weighted by atomic mass is 16.6. The third-order valence-corrected chi connectivity index (χ3v) is 3.46. The molecule has 1 aliphatic heterocycles. The Morgan fingerprint density at radius 2 is 1.90 bits per heavy atom. The van der Waals surface area contributed by atoms with Crippen molar-refractivity contribution < 1.29 is 9.47 Å². The van der Waals surface area contributed by atoms with E-state index in [0.29, 0.717) is 19.0 Å². The molecule has 5 heteroatoms. The van der Waals surface area contributed by atoms with Crippen LogP contribution in [0.4, 0.5) is 5.82 Å². The average molecular weight is 273 g/mol. The first-order valence-electron chi connectivity index (χ1n) is 6.82. The molecule has 1 aromatic heterocycles. The molecule has 2 heterocycles. The van der Waals surface area contributed by atoms with Gasteiger partial charge in [-0.25, -0.2) is 4.98 Å². The third kappa shape index (κ3) is 1.99. The molecule has 0 amide bonds. The molecule has 0 radical (unpaired) electrons. The predicted molar refractivity (Wildman–Crippen MR) is 78.2 cm³/mol. The van der Waals surface area contributed by atoms with Crippen LogP contribution < -0.4 is 15.2 Å². The van der Waals surface area contributed by atoms with Crippen LogP contribution in [0.2, 0.25) is 0 Å². The Balaban J connectivity index is 2.07. The zero-order chi connectivity index (χ0) is 14.3. The molecule has 0 atom stereocenters. The molecule has 1 aliphatic rings. The first kappa shape index (κ1) is 12.8. The smallest absolute Gasteiger partial charge is 0.162 e. The van der Waals surface area contributed by atoms with Gasteiger partial charge in [0.05, 0.1) is 0 Å². The van der Waals surface area contributed by atoms with Gasteiger partial charge in [-0.05, 0) is 39.0 Å². The lowest BCUT2D eigenvalue weighted by Gasteiger charge is -2.18. The summed E-state index contributed by atoms with van der Waals surface area (Å²) >= 11 is 0. The molecular weight excluding hydrogens is 254 g/mol. The Hall–Kier alpha value is -2.17. The first-order valence-corrected chi connectivity index (χ1v) is 6.82. The Labute approximate surface area is 118 Å². The fourth-order valence-corrected chi connectivity index (χ4v) is 2.62. The lowest BCUT2D eigenvalue weighted by atomic mass is 10.1. The Kier molecular flexibility index (Phi) is 3.04. The van der Waals surface area contributed by atoms with Crippen molar-refractivity contribution in [1.29, 1.82) is 0 Å². The summed E-state index contributed by atoms with van der Waals surface area (Å²) in [5.74, 6) is 3.14. The minimum atomic E-state index is 0.286. The maximum atomic E-state index is 6.24. The average Bonchev–Trinajstić information content (AvgIpc) is 2.73. The van der Waals surface area contributed by atoms with E-state index in [2.05, 4.69) is 18.8 Å². The summed E-state index contributed by atoms with van der Waals surface area (Å²) in [6.45, 7) is 7.33. The normalized spacial score (nSPS) is 13.8. The third-order valence-electron chi connectivity index (χ3n) is 3.46. The fraction of sp³-hybridized carbons (Fsp3) is 0.400. The van der Waals surface area contributed by atoms with Gasteiger partial charge < -0.3 is 19.8 Å². The number of benzene rings is 1. The zero-order valence-corrected chi connectivity index (χ0v) is 12.0. The SMILES string of the molecule is Cc1nc(-c2ccc3c(c2)OCCO3)c(N)n1C(C)C. The van der Waals surface area contributed by atoms with Gasteiger partial charge in [0.15, 0.2) is 11.5 Å². The maximum Gasteiger partial charge on any atom is 0.162 e. The van der Waals surface area contributed by atoms with E-state index in [9.17, 15) is 0 Å². The number of ether oxygens (including phenoxy) is 2. The van der Waals surface area contributed by atoms with Crippen LogP contribution in [0.1, 0.15) is 25.7 Å². The number of nitrogens with zero attached hydrogens (tertiary/aromatic N) is 2. The van der Waals surface area contributed by atoms with E-state index in [0.717, 1.165) is 28.6 Å². The van der Waals surface area contributed by atoms with Crippen LogP contribution in [0.25, 0.3) is 11.3 Å². The van der Waals surface area contributed by atoms with Crippen molar-refractivity contribution in [2.45, 2.75) is 26.8 Å². The number of imidazole rings is 1. The van der Waals surface area contributed by atoms with E-state index in [1.165, 1.54) is 0 Å². The number of nitrogens with two attached hydrogens (primary N) is 1. The monoisotopic (exact) mass is 273 g/mol. The van der Waals surface area contributed by atoms with Gasteiger partial charge in [-0.15, -0.1) is 0 Å². The number of aryl methyl sites for hydroxylation is 1. The van der Waals surface area contributed by atoms with Gasteiger partial charge in [-0.1, -0.05) is 0 Å². The van der Waals surface area contributed by atoms with Gasteiger partial charge in [-0.2, -0.15) is 0 Å². The quantitative estimate of drug-likeness (QED) is 0.914. The summed E-state index contributed by atoms with van der Waals surface area (Å²) in [6, 6.07) is 6.11. The minimum Gasteiger partial charge on any atom is -0.486 e. The van der Waals surface area contributed by atoms with E-state index >= 15 is 0 Å². The number of aromatic nitrogens is 2. The topological polar surface area (TPSA) is 62.3 Å². The molecular formula is C15H19N3O2. The summed E-state index contributed by atoms with van der Waals surface area (Å²) in [7, 11) is 0. The molecule has 3 rings (SSSR count). The second-order valence-corrected chi connectivity index (χ2v) is 5.22. The molecule has 2 N–H and O–H groups in total. The highest BCUT2D eigenvalue weighted by Gasteiger charge is 2.18. The number of rotatable bonds is 2. The van der Waals surface area contributed by atoms with Crippen LogP contribution in [0, 0.1) is 6.92 Å². The van der Waals surface area contributed by atoms with Gasteiger partial charge in [-0.3, -0.25) is 0 Å². The number of fused-ring (bicyclic) bond motifs is 1. The van der Waals surface area contributed by atoms with E-state index in [-0.39, 0.29) is 6.04 Å². The minimum absolute atomic E-state index is 0.286. The van der Waals surface area contributed by atoms with E-state index in [4.69, 9.17) is 15.2 Å². The van der Waals surface area contributed by atoms with E-state index < -0.39 is 0 Å². The molecule has 0 spiro atoms. The van der Waals surface area contributed by atoms with E-state index in [1.54, 1.807) is 0 Å². The van der Waals surface area contributed by atoms with Crippen LogP contribution in [0.3, 0.4) is 0 Å². The lowest BCUT2D eigenvalue weighted by molar-refractivity contribution is 0.171. The maximum absolute atomic E-state index is 6.24. The van der Waals surface area contributed by atoms with Gasteiger partial charge >= 0.3 is 0 Å². The summed E-state index contributed by atoms with van der Waals surface area (Å²) < 4.78 is 13.2. The van der Waals surface area contributed by atoms with Crippen LogP contribution in [-0.2, 0) is 0 Å². The van der Waals surface area contributed by atoms with Gasteiger partial charge in [0, 0.05) is 11.6 Å². The molecule has 0 saturated carbocycles. The molecule has 0 fully saturated rings. The largest absolute Gasteiger partial charge is 0.486 e. The molecule has 0 bridgehead atoms. The van der Waals surface area contributed by atoms with Crippen molar-refractivity contribution in [3.8, 4) is 22.8 Å². The molecule has 2 aromatic rings. The standard InChI is InChI=1S/C15H19N3O2/c1-9(2)18-10(3)17-14(15(18)16)11-4-5-12-13(8-11)20-7-6-19-12/h4-5,8-9H,6-7,16H2,1-3H3. The summed E-state index contributed by atoms with van der Waals surface area (Å²) in [5, 5.41) is 0. The summed E-state index contributed by atoms with van der Waals surface area (Å²) in [5.41, 5.74) is 7.99. The van der Waals surface area contributed by atoms with Crippen molar-refractivity contribution in [3.63, 3.8) is 0 Å². The van der Waals surface area contributed by atoms with Gasteiger partial charge in [0.25, 0.3) is 0 Å². The fourth-order valence-electron chi connectivity index (χ4n) is 2.62. The zero-order valence-electron chi connectivity index (χ0n) is 12.0. The van der Waals surface area contributed by atoms with Gasteiger partial charge in [0.1, 0.15) is 30.5 Å².